The van der Waals surface area contributed by atoms with Crippen LogP contribution < -0.4 is 16.4 Å². The second kappa shape index (κ2) is 6.48. The van der Waals surface area contributed by atoms with Crippen molar-refractivity contribution in [3.05, 3.63) is 11.4 Å². The maximum Gasteiger partial charge on any atom is 0.320 e. The van der Waals surface area contributed by atoms with Gasteiger partial charge in [0.25, 0.3) is 0 Å². The summed E-state index contributed by atoms with van der Waals surface area (Å²) in [6.45, 7) is 0. The standard InChI is InChI=1S/C11H15N5O2/c12-5-9(14)10(6-13)16-11(18)15-7-1-3-8(17)4-2-7/h7-8,17H,1-4,14H2,(H2,15,16,18)/b10-9-. The van der Waals surface area contributed by atoms with Crippen LogP contribution in [-0.2, 0) is 0 Å². The first-order chi connectivity index (χ1) is 8.56. The van der Waals surface area contributed by atoms with Crippen molar-refractivity contribution < 1.29 is 9.90 Å². The molecule has 0 spiro atoms. The van der Waals surface area contributed by atoms with E-state index in [1.54, 1.807) is 12.1 Å². The van der Waals surface area contributed by atoms with Crippen molar-refractivity contribution in [2.24, 2.45) is 5.73 Å². The van der Waals surface area contributed by atoms with Crippen molar-refractivity contribution in [2.45, 2.75) is 37.8 Å². The highest BCUT2D eigenvalue weighted by Gasteiger charge is 2.21. The molecule has 2 amide bonds. The summed E-state index contributed by atoms with van der Waals surface area (Å²) in [5.74, 6) is 0. The van der Waals surface area contributed by atoms with Gasteiger partial charge in [-0.2, -0.15) is 10.5 Å². The van der Waals surface area contributed by atoms with E-state index in [4.69, 9.17) is 16.3 Å². The molecular weight excluding hydrogens is 234 g/mol. The predicted molar refractivity (Wildman–Crippen MR) is 62.4 cm³/mol. The summed E-state index contributed by atoms with van der Waals surface area (Å²) in [7, 11) is 0. The first kappa shape index (κ1) is 13.8. The van der Waals surface area contributed by atoms with Crippen molar-refractivity contribution in [3.63, 3.8) is 0 Å². The van der Waals surface area contributed by atoms with Gasteiger partial charge in [0.15, 0.2) is 5.70 Å². The molecule has 1 fully saturated rings. The minimum absolute atomic E-state index is 0.0309. The smallest absolute Gasteiger partial charge is 0.320 e. The molecule has 1 saturated carbocycles. The molecule has 0 aliphatic heterocycles. The number of nitrogens with zero attached hydrogens (tertiary/aromatic N) is 2. The quantitative estimate of drug-likeness (QED) is 0.503. The molecule has 0 saturated heterocycles. The molecule has 0 unspecified atom stereocenters. The van der Waals surface area contributed by atoms with Crippen molar-refractivity contribution in [3.8, 4) is 12.1 Å². The highest BCUT2D eigenvalue weighted by molar-refractivity contribution is 5.77. The summed E-state index contributed by atoms with van der Waals surface area (Å²) >= 11 is 0. The molecule has 0 aromatic heterocycles. The van der Waals surface area contributed by atoms with Crippen LogP contribution in [0.5, 0.6) is 0 Å². The molecule has 1 rings (SSSR count). The molecule has 0 radical (unpaired) electrons. The molecule has 0 aromatic carbocycles. The fourth-order valence-electron chi connectivity index (χ4n) is 1.77. The zero-order valence-corrected chi connectivity index (χ0v) is 9.81. The fraction of sp³-hybridized carbons (Fsp3) is 0.545. The van der Waals surface area contributed by atoms with Crippen molar-refractivity contribution >= 4 is 6.03 Å². The second-order valence-electron chi connectivity index (χ2n) is 4.12. The molecule has 1 aliphatic carbocycles. The molecule has 0 heterocycles. The summed E-state index contributed by atoms with van der Waals surface area (Å²) in [5, 5.41) is 31.4. The van der Waals surface area contributed by atoms with Gasteiger partial charge in [0.1, 0.15) is 17.8 Å². The Morgan fingerprint density at radius 2 is 1.83 bits per heavy atom. The van der Waals surface area contributed by atoms with Gasteiger partial charge in [-0.1, -0.05) is 0 Å². The number of nitrogens with two attached hydrogens (primary N) is 1. The Kier molecular flexibility index (Phi) is 4.97. The topological polar surface area (TPSA) is 135 Å². The maximum absolute atomic E-state index is 11.5. The molecule has 0 atom stereocenters. The van der Waals surface area contributed by atoms with Crippen LogP contribution in [0.2, 0.25) is 0 Å². The SMILES string of the molecule is N#C/C(N)=C(\C#N)NC(=O)NC1CCC(O)CC1. The maximum atomic E-state index is 11.5. The number of hydrogen-bond acceptors (Lipinski definition) is 5. The molecular formula is C11H15N5O2. The lowest BCUT2D eigenvalue weighted by atomic mass is 9.93. The highest BCUT2D eigenvalue weighted by Crippen LogP contribution is 2.18. The second-order valence-corrected chi connectivity index (χ2v) is 4.12. The number of urea groups is 1. The Hall–Kier alpha value is -2.25. The normalized spacial score (nSPS) is 24.2. The van der Waals surface area contributed by atoms with E-state index < -0.39 is 6.03 Å². The Morgan fingerprint density at radius 1 is 1.22 bits per heavy atom. The van der Waals surface area contributed by atoms with Crippen LogP contribution in [0.25, 0.3) is 0 Å². The minimum atomic E-state index is -0.564. The number of aliphatic hydroxyl groups is 1. The number of nitrogens with one attached hydrogen (secondary N) is 2. The van der Waals surface area contributed by atoms with E-state index in [0.29, 0.717) is 25.7 Å². The van der Waals surface area contributed by atoms with Gasteiger partial charge in [-0.15, -0.1) is 0 Å². The van der Waals surface area contributed by atoms with E-state index in [0.717, 1.165) is 0 Å². The van der Waals surface area contributed by atoms with Crippen LogP contribution in [0.15, 0.2) is 11.4 Å². The third-order valence-electron chi connectivity index (χ3n) is 2.77. The molecule has 5 N–H and O–H groups in total. The molecule has 0 aromatic rings. The van der Waals surface area contributed by atoms with E-state index >= 15 is 0 Å². The van der Waals surface area contributed by atoms with Gasteiger partial charge < -0.3 is 16.2 Å². The van der Waals surface area contributed by atoms with Crippen LogP contribution in [-0.4, -0.2) is 23.3 Å². The summed E-state index contributed by atoms with van der Waals surface area (Å²) in [6.07, 6.45) is 2.37. The molecule has 18 heavy (non-hydrogen) atoms. The average Bonchev–Trinajstić information content (AvgIpc) is 2.37. The van der Waals surface area contributed by atoms with Crippen molar-refractivity contribution in [2.75, 3.05) is 0 Å². The summed E-state index contributed by atoms with van der Waals surface area (Å²) in [4.78, 5) is 11.5. The molecule has 7 heteroatoms. The summed E-state index contributed by atoms with van der Waals surface area (Å²) in [5.41, 5.74) is 4.66. The number of rotatable bonds is 2. The number of carbonyl (C=O) groups excluding carboxylic acids is 1. The van der Waals surface area contributed by atoms with E-state index in [1.165, 1.54) is 0 Å². The number of carbonyl (C=O) groups is 1. The minimum Gasteiger partial charge on any atom is -0.393 e. The molecule has 1 aliphatic rings. The number of allylic oxidation sites excluding steroid dienone is 2. The lowest BCUT2D eigenvalue weighted by molar-refractivity contribution is 0.118. The first-order valence-electron chi connectivity index (χ1n) is 5.62. The lowest BCUT2D eigenvalue weighted by Crippen LogP contribution is -2.44. The molecule has 7 nitrogen and oxygen atoms in total. The van der Waals surface area contributed by atoms with Crippen LogP contribution in [0.4, 0.5) is 4.79 Å². The summed E-state index contributed by atoms with van der Waals surface area (Å²) < 4.78 is 0. The van der Waals surface area contributed by atoms with E-state index in [9.17, 15) is 9.90 Å². The third-order valence-corrected chi connectivity index (χ3v) is 2.77. The van der Waals surface area contributed by atoms with Gasteiger partial charge >= 0.3 is 6.03 Å². The Bertz CT molecular complexity index is 424. The van der Waals surface area contributed by atoms with E-state index in [2.05, 4.69) is 10.6 Å². The fourth-order valence-corrected chi connectivity index (χ4v) is 1.77. The molecule has 0 bridgehead atoms. The van der Waals surface area contributed by atoms with Gasteiger partial charge in [-0.25, -0.2) is 4.79 Å². The number of hydrogen-bond donors (Lipinski definition) is 4. The van der Waals surface area contributed by atoms with Crippen LogP contribution >= 0.6 is 0 Å². The van der Waals surface area contributed by atoms with Crippen LogP contribution in [0, 0.1) is 22.7 Å². The largest absolute Gasteiger partial charge is 0.393 e. The van der Waals surface area contributed by atoms with E-state index in [-0.39, 0.29) is 23.5 Å². The Labute approximate surface area is 105 Å². The number of amides is 2. The Balaban J connectivity index is 2.48. The van der Waals surface area contributed by atoms with Crippen LogP contribution in [0.3, 0.4) is 0 Å². The monoisotopic (exact) mass is 249 g/mol. The number of nitriles is 2. The zero-order valence-electron chi connectivity index (χ0n) is 9.81. The van der Waals surface area contributed by atoms with Gasteiger partial charge in [0, 0.05) is 6.04 Å². The highest BCUT2D eigenvalue weighted by atomic mass is 16.3. The number of aliphatic hydroxyl groups excluding tert-OH is 1. The van der Waals surface area contributed by atoms with Crippen molar-refractivity contribution in [1.29, 1.82) is 10.5 Å². The zero-order chi connectivity index (χ0) is 13.5. The predicted octanol–water partition coefficient (Wildman–Crippen LogP) is -0.193. The third kappa shape index (κ3) is 3.96. The average molecular weight is 249 g/mol. The molecule has 96 valence electrons. The van der Waals surface area contributed by atoms with Gasteiger partial charge in [-0.05, 0) is 25.7 Å². The lowest BCUT2D eigenvalue weighted by Gasteiger charge is -2.26. The van der Waals surface area contributed by atoms with Gasteiger partial charge in [0.05, 0.1) is 6.10 Å². The van der Waals surface area contributed by atoms with Gasteiger partial charge in [0.2, 0.25) is 0 Å². The van der Waals surface area contributed by atoms with Crippen molar-refractivity contribution in [1.82, 2.24) is 10.6 Å². The first-order valence-corrected chi connectivity index (χ1v) is 5.62. The Morgan fingerprint density at radius 3 is 2.33 bits per heavy atom. The summed E-state index contributed by atoms with van der Waals surface area (Å²) in [6, 6.07) is 2.64. The van der Waals surface area contributed by atoms with Gasteiger partial charge in [-0.3, -0.25) is 5.32 Å². The van der Waals surface area contributed by atoms with Crippen LogP contribution in [0.1, 0.15) is 25.7 Å². The van der Waals surface area contributed by atoms with E-state index in [1.807, 2.05) is 0 Å².